The van der Waals surface area contributed by atoms with Crippen LogP contribution in [-0.2, 0) is 16.0 Å². The van der Waals surface area contributed by atoms with Crippen LogP contribution in [0.15, 0.2) is 30.3 Å². The molecular weight excluding hydrogens is 294 g/mol. The van der Waals surface area contributed by atoms with E-state index >= 15 is 0 Å². The summed E-state index contributed by atoms with van der Waals surface area (Å²) in [6.45, 7) is 2.31. The van der Waals surface area contributed by atoms with Gasteiger partial charge in [-0.2, -0.15) is 0 Å². The SMILES string of the molecule is O=C(C[C@@H]1C(=O)NCCN1CCCc1ccccc1)NCCO. The summed E-state index contributed by atoms with van der Waals surface area (Å²) in [5.41, 5.74) is 1.28. The molecule has 6 heteroatoms. The Balaban J connectivity index is 1.84. The average molecular weight is 319 g/mol. The standard InChI is InChI=1S/C17H25N3O3/c21-12-9-18-16(22)13-15-17(23)19-8-11-20(15)10-4-7-14-5-2-1-3-6-14/h1-3,5-6,15,21H,4,7-13H2,(H,18,22)(H,19,23)/t15-/m1/s1. The van der Waals surface area contributed by atoms with Crippen molar-refractivity contribution in [2.24, 2.45) is 0 Å². The number of aliphatic hydroxyl groups is 1. The van der Waals surface area contributed by atoms with Gasteiger partial charge < -0.3 is 15.7 Å². The number of carbonyl (C=O) groups is 2. The van der Waals surface area contributed by atoms with E-state index in [0.717, 1.165) is 25.9 Å². The highest BCUT2D eigenvalue weighted by molar-refractivity contribution is 5.88. The van der Waals surface area contributed by atoms with Crippen LogP contribution >= 0.6 is 0 Å². The molecule has 1 atom stereocenters. The average Bonchev–Trinajstić information content (AvgIpc) is 2.57. The number of aryl methyl sites for hydroxylation is 1. The van der Waals surface area contributed by atoms with Crippen LogP contribution in [0.25, 0.3) is 0 Å². The minimum absolute atomic E-state index is 0.0879. The molecule has 3 N–H and O–H groups in total. The Morgan fingerprint density at radius 1 is 1.35 bits per heavy atom. The first kappa shape index (κ1) is 17.4. The Labute approximate surface area is 136 Å². The van der Waals surface area contributed by atoms with Crippen molar-refractivity contribution in [3.05, 3.63) is 35.9 Å². The number of nitrogens with one attached hydrogen (secondary N) is 2. The van der Waals surface area contributed by atoms with E-state index in [0.29, 0.717) is 6.54 Å². The van der Waals surface area contributed by atoms with Gasteiger partial charge >= 0.3 is 0 Å². The maximum Gasteiger partial charge on any atom is 0.237 e. The molecular formula is C17H25N3O3. The molecule has 2 rings (SSSR count). The highest BCUT2D eigenvalue weighted by Crippen LogP contribution is 2.11. The monoisotopic (exact) mass is 319 g/mol. The van der Waals surface area contributed by atoms with E-state index in [1.54, 1.807) is 0 Å². The molecule has 0 saturated carbocycles. The summed E-state index contributed by atoms with van der Waals surface area (Å²) in [4.78, 5) is 26.0. The minimum atomic E-state index is -0.418. The van der Waals surface area contributed by atoms with E-state index in [4.69, 9.17) is 5.11 Å². The van der Waals surface area contributed by atoms with Crippen LogP contribution in [0.2, 0.25) is 0 Å². The number of benzene rings is 1. The number of nitrogens with zero attached hydrogens (tertiary/aromatic N) is 1. The molecule has 0 spiro atoms. The van der Waals surface area contributed by atoms with Crippen molar-refractivity contribution in [3.63, 3.8) is 0 Å². The van der Waals surface area contributed by atoms with Gasteiger partial charge in [0.25, 0.3) is 0 Å². The predicted molar refractivity (Wildman–Crippen MR) is 87.8 cm³/mol. The van der Waals surface area contributed by atoms with E-state index < -0.39 is 6.04 Å². The number of piperazine rings is 1. The van der Waals surface area contributed by atoms with Crippen LogP contribution in [0.3, 0.4) is 0 Å². The molecule has 0 unspecified atom stereocenters. The van der Waals surface area contributed by atoms with Crippen molar-refractivity contribution in [2.45, 2.75) is 25.3 Å². The van der Waals surface area contributed by atoms with Crippen LogP contribution in [0.1, 0.15) is 18.4 Å². The summed E-state index contributed by atoms with van der Waals surface area (Å²) >= 11 is 0. The lowest BCUT2D eigenvalue weighted by atomic mass is 10.1. The van der Waals surface area contributed by atoms with Gasteiger partial charge in [0.1, 0.15) is 0 Å². The summed E-state index contributed by atoms with van der Waals surface area (Å²) in [5, 5.41) is 14.2. The van der Waals surface area contributed by atoms with Gasteiger partial charge in [0.05, 0.1) is 19.1 Å². The topological polar surface area (TPSA) is 81.7 Å². The van der Waals surface area contributed by atoms with Gasteiger partial charge in [0.15, 0.2) is 0 Å². The molecule has 1 aliphatic heterocycles. The van der Waals surface area contributed by atoms with Crippen LogP contribution in [-0.4, -0.2) is 60.6 Å². The summed E-state index contributed by atoms with van der Waals surface area (Å²) in [7, 11) is 0. The van der Waals surface area contributed by atoms with E-state index in [1.165, 1.54) is 5.56 Å². The fourth-order valence-corrected chi connectivity index (χ4v) is 2.83. The Hall–Kier alpha value is -1.92. The first-order valence-electron chi connectivity index (χ1n) is 8.14. The van der Waals surface area contributed by atoms with Gasteiger partial charge in [0, 0.05) is 19.6 Å². The Morgan fingerprint density at radius 2 is 2.13 bits per heavy atom. The van der Waals surface area contributed by atoms with Crippen molar-refractivity contribution in [2.75, 3.05) is 32.8 Å². The molecule has 1 aromatic rings. The molecule has 0 radical (unpaired) electrons. The van der Waals surface area contributed by atoms with Crippen molar-refractivity contribution in [1.82, 2.24) is 15.5 Å². The molecule has 6 nitrogen and oxygen atoms in total. The third-order valence-corrected chi connectivity index (χ3v) is 4.01. The van der Waals surface area contributed by atoms with E-state index in [-0.39, 0.29) is 31.4 Å². The number of aliphatic hydroxyl groups excluding tert-OH is 1. The largest absolute Gasteiger partial charge is 0.395 e. The second kappa shape index (κ2) is 9.27. The molecule has 0 aliphatic carbocycles. The number of hydrogen-bond acceptors (Lipinski definition) is 4. The normalized spacial score (nSPS) is 18.5. The van der Waals surface area contributed by atoms with Crippen molar-refractivity contribution < 1.29 is 14.7 Å². The van der Waals surface area contributed by atoms with Crippen molar-refractivity contribution >= 4 is 11.8 Å². The first-order chi connectivity index (χ1) is 11.2. The van der Waals surface area contributed by atoms with E-state index in [2.05, 4.69) is 27.7 Å². The maximum absolute atomic E-state index is 12.1. The smallest absolute Gasteiger partial charge is 0.237 e. The van der Waals surface area contributed by atoms with Gasteiger partial charge in [-0.25, -0.2) is 0 Å². The zero-order valence-corrected chi connectivity index (χ0v) is 13.3. The molecule has 2 amide bonds. The number of carbonyl (C=O) groups excluding carboxylic acids is 2. The van der Waals surface area contributed by atoms with Crippen molar-refractivity contribution in [1.29, 1.82) is 0 Å². The lowest BCUT2D eigenvalue weighted by Gasteiger charge is -2.34. The highest BCUT2D eigenvalue weighted by atomic mass is 16.3. The van der Waals surface area contributed by atoms with Crippen LogP contribution in [0.4, 0.5) is 0 Å². The van der Waals surface area contributed by atoms with Crippen LogP contribution in [0, 0.1) is 0 Å². The lowest BCUT2D eigenvalue weighted by molar-refractivity contribution is -0.134. The van der Waals surface area contributed by atoms with Gasteiger partial charge in [-0.15, -0.1) is 0 Å². The van der Waals surface area contributed by atoms with Crippen LogP contribution in [0.5, 0.6) is 0 Å². The summed E-state index contributed by atoms with van der Waals surface area (Å²) in [6, 6.07) is 9.83. The molecule has 1 heterocycles. The maximum atomic E-state index is 12.1. The van der Waals surface area contributed by atoms with Crippen molar-refractivity contribution in [3.8, 4) is 0 Å². The molecule has 126 valence electrons. The number of amides is 2. The van der Waals surface area contributed by atoms with Gasteiger partial charge in [-0.1, -0.05) is 30.3 Å². The molecule has 0 bridgehead atoms. The quantitative estimate of drug-likeness (QED) is 0.626. The molecule has 1 aliphatic rings. The fraction of sp³-hybridized carbons (Fsp3) is 0.529. The Kier molecular flexibility index (Phi) is 7.03. The van der Waals surface area contributed by atoms with E-state index in [1.807, 2.05) is 18.2 Å². The van der Waals surface area contributed by atoms with E-state index in [9.17, 15) is 9.59 Å². The summed E-state index contributed by atoms with van der Waals surface area (Å²) < 4.78 is 0. The summed E-state index contributed by atoms with van der Waals surface area (Å²) in [5.74, 6) is -0.288. The molecule has 1 fully saturated rings. The third kappa shape index (κ3) is 5.65. The predicted octanol–water partition coefficient (Wildman–Crippen LogP) is -0.0818. The zero-order valence-electron chi connectivity index (χ0n) is 13.3. The first-order valence-corrected chi connectivity index (χ1v) is 8.14. The fourth-order valence-electron chi connectivity index (χ4n) is 2.83. The molecule has 1 saturated heterocycles. The second-order valence-corrected chi connectivity index (χ2v) is 5.71. The third-order valence-electron chi connectivity index (χ3n) is 4.01. The zero-order chi connectivity index (χ0) is 16.5. The van der Waals surface area contributed by atoms with Gasteiger partial charge in [0.2, 0.25) is 11.8 Å². The minimum Gasteiger partial charge on any atom is -0.395 e. The van der Waals surface area contributed by atoms with Crippen LogP contribution < -0.4 is 10.6 Å². The second-order valence-electron chi connectivity index (χ2n) is 5.71. The van der Waals surface area contributed by atoms with Gasteiger partial charge in [-0.3, -0.25) is 14.5 Å². The highest BCUT2D eigenvalue weighted by Gasteiger charge is 2.30. The Morgan fingerprint density at radius 3 is 2.87 bits per heavy atom. The number of rotatable bonds is 8. The number of hydrogen-bond donors (Lipinski definition) is 3. The Bertz CT molecular complexity index is 507. The molecule has 1 aromatic carbocycles. The van der Waals surface area contributed by atoms with Gasteiger partial charge in [-0.05, 0) is 24.9 Å². The summed E-state index contributed by atoms with van der Waals surface area (Å²) in [6.07, 6.45) is 2.05. The molecule has 23 heavy (non-hydrogen) atoms. The molecule has 0 aromatic heterocycles. The lowest BCUT2D eigenvalue weighted by Crippen LogP contribution is -2.56.